The number of carbonyl (C=O) groups is 2. The number of benzene rings is 1. The van der Waals surface area contributed by atoms with Gasteiger partial charge >= 0.3 is 0 Å². The summed E-state index contributed by atoms with van der Waals surface area (Å²) < 4.78 is 46.0. The zero-order chi connectivity index (χ0) is 26.9. The molecule has 0 unspecified atom stereocenters. The van der Waals surface area contributed by atoms with E-state index in [1.165, 1.54) is 18.3 Å². The van der Waals surface area contributed by atoms with E-state index >= 15 is 0 Å². The van der Waals surface area contributed by atoms with E-state index in [2.05, 4.69) is 15.3 Å². The molecule has 2 amide bonds. The first-order valence-corrected chi connectivity index (χ1v) is 13.8. The van der Waals surface area contributed by atoms with Gasteiger partial charge in [-0.15, -0.1) is 0 Å². The quantitative estimate of drug-likeness (QED) is 0.496. The number of amides is 2. The van der Waals surface area contributed by atoms with E-state index in [9.17, 15) is 27.5 Å². The number of sulfonamides is 1. The Morgan fingerprint density at radius 3 is 2.68 bits per heavy atom. The van der Waals surface area contributed by atoms with E-state index in [0.717, 1.165) is 10.4 Å². The molecule has 2 fully saturated rings. The van der Waals surface area contributed by atoms with Crippen LogP contribution < -0.4 is 9.62 Å². The van der Waals surface area contributed by atoms with Gasteiger partial charge < -0.3 is 20.1 Å². The molecule has 0 bridgehead atoms. The van der Waals surface area contributed by atoms with Gasteiger partial charge in [0.15, 0.2) is 17.3 Å². The summed E-state index contributed by atoms with van der Waals surface area (Å²) in [6, 6.07) is 6.88. The van der Waals surface area contributed by atoms with Gasteiger partial charge in [-0.25, -0.2) is 17.8 Å². The number of carbonyl (C=O) groups excluding carboxylic acids is 2. The normalized spacial score (nSPS) is 17.4. The number of anilines is 1. The summed E-state index contributed by atoms with van der Waals surface area (Å²) in [5, 5.41) is 13.8. The maximum absolute atomic E-state index is 14.0. The second-order valence-electron chi connectivity index (χ2n) is 9.02. The molecule has 1 aromatic carbocycles. The Bertz CT molecular complexity index is 1510. The van der Waals surface area contributed by atoms with Crippen molar-refractivity contribution in [3.63, 3.8) is 0 Å². The second-order valence-corrected chi connectivity index (χ2v) is 11.0. The molecule has 0 spiro atoms. The Labute approximate surface area is 218 Å². The van der Waals surface area contributed by atoms with Gasteiger partial charge in [0.1, 0.15) is 11.3 Å². The molecular weight excluding hydrogens is 517 g/mol. The lowest BCUT2D eigenvalue weighted by Gasteiger charge is -2.28. The Morgan fingerprint density at radius 1 is 1.13 bits per heavy atom. The van der Waals surface area contributed by atoms with Crippen LogP contribution in [0.25, 0.3) is 10.9 Å². The number of halogens is 1. The lowest BCUT2D eigenvalue weighted by atomic mass is 10.1. The van der Waals surface area contributed by atoms with Crippen LogP contribution in [-0.4, -0.2) is 78.8 Å². The van der Waals surface area contributed by atoms with Crippen LogP contribution in [-0.2, 0) is 21.3 Å². The summed E-state index contributed by atoms with van der Waals surface area (Å²) in [4.78, 5) is 36.2. The molecule has 200 valence electrons. The van der Waals surface area contributed by atoms with Crippen LogP contribution in [0.1, 0.15) is 39.3 Å². The average molecular weight is 544 g/mol. The molecule has 2 N–H and O–H groups in total. The number of hydrogen-bond acceptors (Lipinski definition) is 8. The molecule has 2 aromatic heterocycles. The van der Waals surface area contributed by atoms with Crippen LogP contribution in [0.2, 0.25) is 0 Å². The lowest BCUT2D eigenvalue weighted by Crippen LogP contribution is -2.41. The van der Waals surface area contributed by atoms with Crippen molar-refractivity contribution in [3.05, 3.63) is 59.2 Å². The molecule has 0 aliphatic carbocycles. The minimum Gasteiger partial charge on any atom is -0.504 e. The van der Waals surface area contributed by atoms with E-state index in [1.807, 2.05) is 0 Å². The summed E-state index contributed by atoms with van der Waals surface area (Å²) >= 11 is 0. The van der Waals surface area contributed by atoms with Crippen LogP contribution >= 0.6 is 0 Å². The predicted molar refractivity (Wildman–Crippen MR) is 136 cm³/mol. The molecule has 2 saturated heterocycles. The van der Waals surface area contributed by atoms with Gasteiger partial charge in [-0.05, 0) is 42.7 Å². The fraction of sp³-hybridized carbons (Fsp3) is 0.360. The van der Waals surface area contributed by atoms with Gasteiger partial charge in [-0.3, -0.25) is 18.9 Å². The Kier molecular flexibility index (Phi) is 7.13. The molecule has 2 aliphatic heterocycles. The van der Waals surface area contributed by atoms with Gasteiger partial charge in [0.2, 0.25) is 10.0 Å². The smallest absolute Gasteiger partial charge is 0.274 e. The predicted octanol–water partition coefficient (Wildman–Crippen LogP) is 1.81. The summed E-state index contributed by atoms with van der Waals surface area (Å²) in [5.74, 6) is -2.32. The van der Waals surface area contributed by atoms with Crippen molar-refractivity contribution in [1.82, 2.24) is 20.2 Å². The molecule has 0 saturated carbocycles. The Hall–Kier alpha value is -3.84. The molecule has 11 nitrogen and oxygen atoms in total. The third-order valence-corrected chi connectivity index (χ3v) is 8.39. The third kappa shape index (κ3) is 4.98. The van der Waals surface area contributed by atoms with Crippen molar-refractivity contribution in [2.75, 3.05) is 42.9 Å². The largest absolute Gasteiger partial charge is 0.504 e. The van der Waals surface area contributed by atoms with Crippen molar-refractivity contribution in [2.45, 2.75) is 19.4 Å². The maximum Gasteiger partial charge on any atom is 0.274 e. The van der Waals surface area contributed by atoms with E-state index < -0.39 is 33.2 Å². The van der Waals surface area contributed by atoms with Crippen LogP contribution in [0.5, 0.6) is 5.75 Å². The van der Waals surface area contributed by atoms with Crippen LogP contribution in [0.3, 0.4) is 0 Å². The fourth-order valence-electron chi connectivity index (χ4n) is 4.58. The Balaban J connectivity index is 1.46. The number of rotatable bonds is 5. The molecule has 4 heterocycles. The summed E-state index contributed by atoms with van der Waals surface area (Å²) in [5.41, 5.74) is 0.0988. The molecule has 3 aromatic rings. The highest BCUT2D eigenvalue weighted by molar-refractivity contribution is 7.92. The van der Waals surface area contributed by atoms with Crippen molar-refractivity contribution in [1.29, 1.82) is 0 Å². The summed E-state index contributed by atoms with van der Waals surface area (Å²) in [7, 11) is -3.67. The van der Waals surface area contributed by atoms with Crippen molar-refractivity contribution < 1.29 is 32.2 Å². The number of aromatic nitrogens is 2. The first kappa shape index (κ1) is 25.8. The first-order valence-electron chi connectivity index (χ1n) is 12.2. The van der Waals surface area contributed by atoms with E-state index in [4.69, 9.17) is 4.74 Å². The number of morpholine rings is 1. The van der Waals surface area contributed by atoms with Gasteiger partial charge in [0.25, 0.3) is 11.8 Å². The monoisotopic (exact) mass is 543 g/mol. The zero-order valence-corrected chi connectivity index (χ0v) is 21.2. The van der Waals surface area contributed by atoms with E-state index in [1.54, 1.807) is 17.0 Å². The van der Waals surface area contributed by atoms with Crippen molar-refractivity contribution in [3.8, 4) is 5.75 Å². The number of pyridine rings is 2. The van der Waals surface area contributed by atoms with Crippen LogP contribution in [0.15, 0.2) is 36.5 Å². The lowest BCUT2D eigenvalue weighted by molar-refractivity contribution is 0.0301. The fourth-order valence-corrected chi connectivity index (χ4v) is 6.18. The number of fused-ring (bicyclic) bond motifs is 1. The molecule has 13 heteroatoms. The van der Waals surface area contributed by atoms with Gasteiger partial charge in [0.05, 0.1) is 19.0 Å². The summed E-state index contributed by atoms with van der Waals surface area (Å²) in [6.07, 6.45) is 2.56. The molecule has 5 rings (SSSR count). The number of nitrogens with one attached hydrogen (secondary N) is 1. The number of nitrogens with zero attached hydrogens (tertiary/aromatic N) is 4. The molecule has 2 aliphatic rings. The highest BCUT2D eigenvalue weighted by Crippen LogP contribution is 2.35. The third-order valence-electron chi connectivity index (χ3n) is 6.56. The van der Waals surface area contributed by atoms with Gasteiger partial charge in [-0.1, -0.05) is 6.07 Å². The molecule has 0 atom stereocenters. The van der Waals surface area contributed by atoms with Gasteiger partial charge in [0, 0.05) is 43.3 Å². The highest BCUT2D eigenvalue weighted by atomic mass is 32.2. The summed E-state index contributed by atoms with van der Waals surface area (Å²) in [6.45, 7) is 1.51. The maximum atomic E-state index is 14.0. The molecule has 38 heavy (non-hydrogen) atoms. The molecular formula is C25H26FN5O6S. The van der Waals surface area contributed by atoms with Crippen LogP contribution in [0, 0.1) is 5.82 Å². The van der Waals surface area contributed by atoms with Crippen LogP contribution in [0.4, 0.5) is 10.2 Å². The minimum atomic E-state index is -3.67. The topological polar surface area (TPSA) is 142 Å². The minimum absolute atomic E-state index is 0.0146. The standard InChI is InChI=1S/C25H26FN5O6S/c26-17-6-5-16(19(14-17)25(34)30-9-11-37-12-10-30)15-28-24(33)21-22(32)20-18(4-3-7-27-20)23(29-21)31-8-1-2-13-38(31,35)36/h3-7,14,32H,1-2,8-13,15H2,(H,28,33). The van der Waals surface area contributed by atoms with Crippen molar-refractivity contribution >= 4 is 38.6 Å². The average Bonchev–Trinajstić information content (AvgIpc) is 2.93. The highest BCUT2D eigenvalue weighted by Gasteiger charge is 2.31. The number of aromatic hydroxyl groups is 1. The number of ether oxygens (including phenoxy) is 1. The number of hydrogen-bond donors (Lipinski definition) is 2. The SMILES string of the molecule is O=C(NCc1ccc(F)cc1C(=O)N1CCOCC1)c1nc(N2CCCCS2(=O)=O)c2cccnc2c1O. The van der Waals surface area contributed by atoms with E-state index in [0.29, 0.717) is 50.1 Å². The van der Waals surface area contributed by atoms with E-state index in [-0.39, 0.29) is 41.6 Å². The molecule has 0 radical (unpaired) electrons. The Morgan fingerprint density at radius 2 is 1.92 bits per heavy atom. The van der Waals surface area contributed by atoms with Crippen molar-refractivity contribution in [2.24, 2.45) is 0 Å². The zero-order valence-electron chi connectivity index (χ0n) is 20.4. The first-order chi connectivity index (χ1) is 18.3. The van der Waals surface area contributed by atoms with Gasteiger partial charge in [-0.2, -0.15) is 0 Å². The second kappa shape index (κ2) is 10.5.